The third-order valence-corrected chi connectivity index (χ3v) is 5.54. The van der Waals surface area contributed by atoms with E-state index in [9.17, 15) is 34.8 Å². The normalized spacial score (nSPS) is 20.4. The van der Waals surface area contributed by atoms with Crippen molar-refractivity contribution in [2.75, 3.05) is 10.8 Å². The van der Waals surface area contributed by atoms with Crippen molar-refractivity contribution in [3.63, 3.8) is 0 Å². The smallest absolute Gasteiger partial charge is 0.261 e. The fourth-order valence-electron chi connectivity index (χ4n) is 2.73. The zero-order valence-corrected chi connectivity index (χ0v) is 11.6. The Labute approximate surface area is 121 Å². The highest BCUT2D eigenvalue weighted by molar-refractivity contribution is 7.93. The minimum absolute atomic E-state index is 0.0601. The minimum atomic E-state index is -5.72. The second-order valence-corrected chi connectivity index (χ2v) is 7.32. The first-order valence-corrected chi connectivity index (χ1v) is 7.63. The molecule has 1 heterocycles. The summed E-state index contributed by atoms with van der Waals surface area (Å²) in [6.07, 6.45) is -3.85. The molecule has 0 atom stereocenters. The van der Waals surface area contributed by atoms with Gasteiger partial charge in [0.15, 0.2) is 0 Å². The van der Waals surface area contributed by atoms with E-state index < -0.39 is 44.9 Å². The zero-order chi connectivity index (χ0) is 16.6. The molecule has 0 saturated heterocycles. The molecule has 1 aliphatic heterocycles. The van der Waals surface area contributed by atoms with Crippen LogP contribution < -0.4 is 4.31 Å². The average molecular weight is 345 g/mol. The highest BCUT2D eigenvalue weighted by Crippen LogP contribution is 2.58. The van der Waals surface area contributed by atoms with Crippen molar-refractivity contribution >= 4 is 15.7 Å². The number of halogens is 6. The number of rotatable bonds is 1. The first-order chi connectivity index (χ1) is 9.88. The van der Waals surface area contributed by atoms with Crippen molar-refractivity contribution in [1.29, 1.82) is 0 Å². The number of hydrogen-bond donors (Lipinski definition) is 0. The number of sulfonamides is 1. The lowest BCUT2D eigenvalue weighted by Crippen LogP contribution is -2.41. The zero-order valence-electron chi connectivity index (χ0n) is 10.8. The van der Waals surface area contributed by atoms with Crippen molar-refractivity contribution in [2.24, 2.45) is 0 Å². The van der Waals surface area contributed by atoms with Crippen LogP contribution in [0, 0.1) is 0 Å². The van der Waals surface area contributed by atoms with Crippen molar-refractivity contribution in [2.45, 2.75) is 29.9 Å². The van der Waals surface area contributed by atoms with Gasteiger partial charge in [0.2, 0.25) is 0 Å². The summed E-state index contributed by atoms with van der Waals surface area (Å²) in [7, 11) is -5.72. The first kappa shape index (κ1) is 15.4. The number of hydrogen-bond acceptors (Lipinski definition) is 2. The Bertz CT molecular complexity index is 733. The number of benzene rings is 1. The number of alkyl halides is 6. The standard InChI is InChI=1S/C12H9F6NO2S/c13-11(14,15)7-1-2-8-9(5-7)19(6-10(8)3-4-10)22(20,21)12(16,17)18/h1-2,5H,3-4,6H2. The number of anilines is 1. The molecular weight excluding hydrogens is 336 g/mol. The van der Waals surface area contributed by atoms with E-state index in [4.69, 9.17) is 0 Å². The molecule has 0 unspecified atom stereocenters. The Hall–Kier alpha value is -1.45. The maximum Gasteiger partial charge on any atom is 0.516 e. The molecule has 0 N–H and O–H groups in total. The van der Waals surface area contributed by atoms with E-state index >= 15 is 0 Å². The van der Waals surface area contributed by atoms with E-state index in [1.54, 1.807) is 0 Å². The molecule has 22 heavy (non-hydrogen) atoms. The molecule has 122 valence electrons. The van der Waals surface area contributed by atoms with E-state index in [0.717, 1.165) is 12.1 Å². The topological polar surface area (TPSA) is 37.4 Å². The molecule has 2 aliphatic rings. The van der Waals surface area contributed by atoms with Crippen molar-refractivity contribution in [3.05, 3.63) is 29.3 Å². The fraction of sp³-hybridized carbons (Fsp3) is 0.500. The van der Waals surface area contributed by atoms with Crippen LogP contribution in [0.5, 0.6) is 0 Å². The molecular formula is C12H9F6NO2S. The van der Waals surface area contributed by atoms with Gasteiger partial charge in [0.05, 0.1) is 11.3 Å². The molecule has 0 aromatic heterocycles. The van der Waals surface area contributed by atoms with E-state index in [0.29, 0.717) is 18.9 Å². The van der Waals surface area contributed by atoms with Gasteiger partial charge < -0.3 is 0 Å². The third-order valence-electron chi connectivity index (χ3n) is 4.05. The third kappa shape index (κ3) is 2.07. The maximum atomic E-state index is 12.7. The maximum absolute atomic E-state index is 12.7. The predicted molar refractivity (Wildman–Crippen MR) is 64.7 cm³/mol. The van der Waals surface area contributed by atoms with Crippen LogP contribution in [0.1, 0.15) is 24.0 Å². The van der Waals surface area contributed by atoms with Gasteiger partial charge in [0.25, 0.3) is 0 Å². The van der Waals surface area contributed by atoms with Crippen LogP contribution in [-0.4, -0.2) is 20.5 Å². The predicted octanol–water partition coefficient (Wildman–Crippen LogP) is 3.41. The lowest BCUT2D eigenvalue weighted by molar-refractivity contribution is -0.137. The van der Waals surface area contributed by atoms with E-state index in [-0.39, 0.29) is 9.87 Å². The van der Waals surface area contributed by atoms with Crippen molar-refractivity contribution in [3.8, 4) is 0 Å². The van der Waals surface area contributed by atoms with Gasteiger partial charge in [-0.3, -0.25) is 4.31 Å². The molecule has 1 aromatic carbocycles. The van der Waals surface area contributed by atoms with Gasteiger partial charge in [-0.15, -0.1) is 0 Å². The van der Waals surface area contributed by atoms with Crippen LogP contribution in [0.25, 0.3) is 0 Å². The largest absolute Gasteiger partial charge is 0.516 e. The molecule has 0 amide bonds. The molecule has 1 fully saturated rings. The summed E-state index contributed by atoms with van der Waals surface area (Å²) in [4.78, 5) is 0. The molecule has 1 spiro atoms. The van der Waals surface area contributed by atoms with Gasteiger partial charge in [0, 0.05) is 12.0 Å². The van der Waals surface area contributed by atoms with Gasteiger partial charge >= 0.3 is 21.7 Å². The molecule has 0 bridgehead atoms. The van der Waals surface area contributed by atoms with Crippen LogP contribution in [0.3, 0.4) is 0 Å². The summed E-state index contributed by atoms with van der Waals surface area (Å²) in [5, 5.41) is 0. The van der Waals surface area contributed by atoms with E-state index in [2.05, 4.69) is 0 Å². The Kier molecular flexibility index (Phi) is 2.87. The Morgan fingerprint density at radius 1 is 1.05 bits per heavy atom. The summed E-state index contributed by atoms with van der Waals surface area (Å²) in [6.45, 7) is -0.467. The van der Waals surface area contributed by atoms with Crippen molar-refractivity contribution < 1.29 is 34.8 Å². The van der Waals surface area contributed by atoms with Crippen LogP contribution in [0.4, 0.5) is 32.0 Å². The molecule has 10 heteroatoms. The summed E-state index contributed by atoms with van der Waals surface area (Å²) >= 11 is 0. The lowest BCUT2D eigenvalue weighted by atomic mass is 9.97. The summed E-state index contributed by atoms with van der Waals surface area (Å²) in [6, 6.07) is 2.32. The fourth-order valence-corrected chi connectivity index (χ4v) is 3.80. The monoisotopic (exact) mass is 345 g/mol. The second kappa shape index (κ2) is 4.09. The van der Waals surface area contributed by atoms with Gasteiger partial charge in [-0.25, -0.2) is 0 Å². The molecule has 0 radical (unpaired) electrons. The highest BCUT2D eigenvalue weighted by atomic mass is 32.2. The average Bonchev–Trinajstić information content (AvgIpc) is 3.05. The second-order valence-electron chi connectivity index (χ2n) is 5.47. The Balaban J connectivity index is 2.16. The first-order valence-electron chi connectivity index (χ1n) is 6.19. The van der Waals surface area contributed by atoms with Crippen LogP contribution in [0.2, 0.25) is 0 Å². The summed E-state index contributed by atoms with van der Waals surface area (Å²) in [5.41, 5.74) is -7.80. The van der Waals surface area contributed by atoms with Gasteiger partial charge in [-0.2, -0.15) is 34.8 Å². The van der Waals surface area contributed by atoms with E-state index in [1.807, 2.05) is 0 Å². The van der Waals surface area contributed by atoms with E-state index in [1.165, 1.54) is 0 Å². The van der Waals surface area contributed by atoms with Crippen LogP contribution in [0.15, 0.2) is 18.2 Å². The molecule has 3 rings (SSSR count). The summed E-state index contributed by atoms with van der Waals surface area (Å²) < 4.78 is 99.7. The molecule has 1 aromatic rings. The SMILES string of the molecule is O=S(=O)(N1CC2(CC2)c2ccc(C(F)(F)F)cc21)C(F)(F)F. The molecule has 1 saturated carbocycles. The molecule has 1 aliphatic carbocycles. The lowest BCUT2D eigenvalue weighted by Gasteiger charge is -2.21. The quantitative estimate of drug-likeness (QED) is 0.732. The Morgan fingerprint density at radius 3 is 2.09 bits per heavy atom. The number of fused-ring (bicyclic) bond motifs is 2. The minimum Gasteiger partial charge on any atom is -0.261 e. The highest BCUT2D eigenvalue weighted by Gasteiger charge is 2.60. The van der Waals surface area contributed by atoms with Gasteiger partial charge in [-0.1, -0.05) is 6.07 Å². The summed E-state index contributed by atoms with van der Waals surface area (Å²) in [5.74, 6) is 0. The molecule has 3 nitrogen and oxygen atoms in total. The van der Waals surface area contributed by atoms with Gasteiger partial charge in [-0.05, 0) is 30.5 Å². The van der Waals surface area contributed by atoms with Gasteiger partial charge in [0.1, 0.15) is 0 Å². The number of nitrogens with zero attached hydrogens (tertiary/aromatic N) is 1. The van der Waals surface area contributed by atoms with Crippen LogP contribution >= 0.6 is 0 Å². The Morgan fingerprint density at radius 2 is 1.64 bits per heavy atom. The van der Waals surface area contributed by atoms with Crippen molar-refractivity contribution in [1.82, 2.24) is 0 Å². The van der Waals surface area contributed by atoms with Crippen LogP contribution in [-0.2, 0) is 21.6 Å².